The Hall–Kier alpha value is -3.72. The van der Waals surface area contributed by atoms with Crippen molar-refractivity contribution >= 4 is 23.4 Å². The molecule has 238 valence electrons. The maximum absolute atomic E-state index is 13.2. The van der Waals surface area contributed by atoms with E-state index < -0.39 is 40.0 Å². The van der Waals surface area contributed by atoms with Crippen molar-refractivity contribution in [3.8, 4) is 5.75 Å². The van der Waals surface area contributed by atoms with E-state index >= 15 is 0 Å². The lowest BCUT2D eigenvalue weighted by Gasteiger charge is -2.67. The third kappa shape index (κ3) is 3.76. The van der Waals surface area contributed by atoms with E-state index in [0.29, 0.717) is 23.4 Å². The second kappa shape index (κ2) is 9.64. The number of ketones is 1. The molecule has 1 aromatic heterocycles. The second-order valence-electron chi connectivity index (χ2n) is 14.8. The predicted molar refractivity (Wildman–Crippen MR) is 164 cm³/mol. The maximum Gasteiger partial charge on any atom is 0.365 e. The van der Waals surface area contributed by atoms with Gasteiger partial charge in [0, 0.05) is 29.1 Å². The number of hydrogen-bond donors (Lipinski definition) is 0. The van der Waals surface area contributed by atoms with Crippen molar-refractivity contribution in [2.45, 2.75) is 84.5 Å². The molecule has 2 heterocycles. The van der Waals surface area contributed by atoms with Crippen LogP contribution >= 0.6 is 0 Å². The first-order valence-corrected chi connectivity index (χ1v) is 15.8. The summed E-state index contributed by atoms with van der Waals surface area (Å²) < 4.78 is 24.0. The van der Waals surface area contributed by atoms with E-state index in [1.54, 1.807) is 42.9 Å². The minimum absolute atomic E-state index is 0.0223. The summed E-state index contributed by atoms with van der Waals surface area (Å²) in [7, 11) is 1.54. The molecule has 0 amide bonds. The second-order valence-corrected chi connectivity index (χ2v) is 14.8. The van der Waals surface area contributed by atoms with E-state index in [9.17, 15) is 14.4 Å². The summed E-state index contributed by atoms with van der Waals surface area (Å²) in [5, 5.41) is 4.56. The van der Waals surface area contributed by atoms with Crippen molar-refractivity contribution < 1.29 is 37.8 Å². The predicted octanol–water partition coefficient (Wildman–Crippen LogP) is 6.28. The molecule has 4 fully saturated rings. The van der Waals surface area contributed by atoms with Crippen LogP contribution in [-0.2, 0) is 23.9 Å². The number of allylic oxidation sites excluding steroid dienone is 2. The number of furan rings is 1. The minimum atomic E-state index is -0.764. The highest BCUT2D eigenvalue weighted by molar-refractivity contribution is 6.03. The van der Waals surface area contributed by atoms with Gasteiger partial charge in [-0.15, -0.1) is 0 Å². The molecule has 5 aliphatic rings. The highest BCUT2D eigenvalue weighted by Gasteiger charge is 2.89. The van der Waals surface area contributed by atoms with E-state index in [4.69, 9.17) is 23.5 Å². The number of ether oxygens (including phenoxy) is 3. The number of carbonyl (C=O) groups excluding carboxylic acids is 3. The standard InChI is InChI=1S/C36H41NO8/c1-20(38)43-27-18-25-32(2,3)26(39)12-14-33(25,4)24-11-15-34(5)28(22-13-16-42-19-22)29(30-36(34,44-30)35(24,27)6)37-45-31(40)21-9-8-10-23(17-21)41-7/h8-10,12-14,16-17,19,24-25,27-28,30H,11,15,18H2,1-7H3/b37-29+/t24-,25+,27-,28-,30-,33-,34+,35+,36-/m1/s1. The van der Waals surface area contributed by atoms with Crippen molar-refractivity contribution in [3.05, 3.63) is 66.1 Å². The first-order chi connectivity index (χ1) is 21.3. The fourth-order valence-electron chi connectivity index (χ4n) is 10.6. The summed E-state index contributed by atoms with van der Waals surface area (Å²) in [5.74, 6) is -0.554. The number of oxime groups is 1. The van der Waals surface area contributed by atoms with E-state index in [2.05, 4.69) is 32.0 Å². The van der Waals surface area contributed by atoms with Gasteiger partial charge in [-0.3, -0.25) is 9.59 Å². The molecule has 0 bridgehead atoms. The molecule has 1 aromatic carbocycles. The normalized spacial score (nSPS) is 41.4. The zero-order chi connectivity index (χ0) is 32.2. The average Bonchev–Trinajstić information content (AvgIpc) is 3.45. The summed E-state index contributed by atoms with van der Waals surface area (Å²) in [6.45, 7) is 12.2. The summed E-state index contributed by atoms with van der Waals surface area (Å²) in [5.41, 5.74) is -0.960. The van der Waals surface area contributed by atoms with E-state index in [1.165, 1.54) is 14.0 Å². The smallest absolute Gasteiger partial charge is 0.365 e. The molecular formula is C36H41NO8. The van der Waals surface area contributed by atoms with Gasteiger partial charge in [-0.1, -0.05) is 51.9 Å². The molecule has 0 unspecified atom stereocenters. The van der Waals surface area contributed by atoms with Crippen LogP contribution in [0, 0.1) is 33.5 Å². The summed E-state index contributed by atoms with van der Waals surface area (Å²) in [6, 6.07) is 8.68. The SMILES string of the molecule is COc1cccc(C(=O)O/N=C2/[C@H]3O[C@]34[C@@]3(C)[C@H](CC[C@@]4(C)[C@@H]2c2ccoc2)[C@@]2(C)C=CC(=O)C(C)(C)[C@@H]2C[C@H]3OC(C)=O)c1. The van der Waals surface area contributed by atoms with Crippen LogP contribution < -0.4 is 4.74 Å². The highest BCUT2D eigenvalue weighted by atomic mass is 16.7. The molecule has 45 heavy (non-hydrogen) atoms. The molecule has 7 rings (SSSR count). The molecular weight excluding hydrogens is 574 g/mol. The van der Waals surface area contributed by atoms with Gasteiger partial charge in [-0.05, 0) is 72.4 Å². The van der Waals surface area contributed by atoms with Gasteiger partial charge >= 0.3 is 11.9 Å². The topological polar surface area (TPSA) is 117 Å². The van der Waals surface area contributed by atoms with Gasteiger partial charge < -0.3 is 23.5 Å². The molecule has 9 nitrogen and oxygen atoms in total. The molecule has 2 aromatic rings. The summed E-state index contributed by atoms with van der Waals surface area (Å²) >= 11 is 0. The molecule has 0 N–H and O–H groups in total. The number of benzene rings is 1. The number of nitrogens with zero attached hydrogens (tertiary/aromatic N) is 1. The van der Waals surface area contributed by atoms with Gasteiger partial charge in [0.2, 0.25) is 0 Å². The first kappa shape index (κ1) is 30.0. The van der Waals surface area contributed by atoms with E-state index in [1.807, 2.05) is 19.9 Å². The number of rotatable bonds is 5. The van der Waals surface area contributed by atoms with Crippen molar-refractivity contribution in [2.24, 2.45) is 38.7 Å². The molecule has 9 atom stereocenters. The van der Waals surface area contributed by atoms with E-state index in [-0.39, 0.29) is 34.9 Å². The van der Waals surface area contributed by atoms with Crippen molar-refractivity contribution in [1.29, 1.82) is 0 Å². The van der Waals surface area contributed by atoms with Crippen LogP contribution in [0.1, 0.15) is 82.6 Å². The Morgan fingerprint density at radius 1 is 1.07 bits per heavy atom. The monoisotopic (exact) mass is 615 g/mol. The lowest BCUT2D eigenvalue weighted by molar-refractivity contribution is -0.231. The quantitative estimate of drug-likeness (QED) is 0.167. The Morgan fingerprint density at radius 2 is 1.84 bits per heavy atom. The Kier molecular flexibility index (Phi) is 6.42. The van der Waals surface area contributed by atoms with Crippen LogP contribution in [0.25, 0.3) is 0 Å². The summed E-state index contributed by atoms with van der Waals surface area (Å²) in [6.07, 6.45) is 8.43. The van der Waals surface area contributed by atoms with Gasteiger partial charge in [-0.2, -0.15) is 0 Å². The third-order valence-electron chi connectivity index (χ3n) is 12.6. The number of hydrogen-bond acceptors (Lipinski definition) is 9. The molecule has 1 saturated heterocycles. The lowest BCUT2D eigenvalue weighted by atomic mass is 9.36. The molecule has 1 spiro atoms. The van der Waals surface area contributed by atoms with Crippen LogP contribution in [0.2, 0.25) is 0 Å². The zero-order valence-corrected chi connectivity index (χ0v) is 26.9. The fraction of sp³-hybridized carbons (Fsp3) is 0.556. The largest absolute Gasteiger partial charge is 0.497 e. The average molecular weight is 616 g/mol. The molecule has 1 aliphatic heterocycles. The summed E-state index contributed by atoms with van der Waals surface area (Å²) in [4.78, 5) is 44.7. The Balaban J connectivity index is 1.35. The van der Waals surface area contributed by atoms with Gasteiger partial charge in [-0.25, -0.2) is 4.79 Å². The Labute approximate surface area is 263 Å². The first-order valence-electron chi connectivity index (χ1n) is 15.8. The molecule has 4 aliphatic carbocycles. The number of epoxide rings is 1. The third-order valence-corrected chi connectivity index (χ3v) is 12.6. The number of fused-ring (bicyclic) bond motifs is 3. The molecule has 3 saturated carbocycles. The van der Waals surface area contributed by atoms with Crippen LogP contribution in [0.4, 0.5) is 0 Å². The van der Waals surface area contributed by atoms with Crippen LogP contribution in [0.15, 0.2) is 64.6 Å². The fourth-order valence-corrected chi connectivity index (χ4v) is 10.6. The Morgan fingerprint density at radius 3 is 2.53 bits per heavy atom. The van der Waals surface area contributed by atoms with Crippen molar-refractivity contribution in [2.75, 3.05) is 7.11 Å². The van der Waals surface area contributed by atoms with Crippen LogP contribution in [0.3, 0.4) is 0 Å². The minimum Gasteiger partial charge on any atom is -0.497 e. The van der Waals surface area contributed by atoms with Crippen LogP contribution in [-0.4, -0.2) is 48.4 Å². The number of esters is 1. The Bertz CT molecular complexity index is 1640. The van der Waals surface area contributed by atoms with Gasteiger partial charge in [0.15, 0.2) is 5.78 Å². The lowest BCUT2D eigenvalue weighted by Crippen LogP contribution is -2.70. The highest BCUT2D eigenvalue weighted by Crippen LogP contribution is 2.81. The van der Waals surface area contributed by atoms with E-state index in [0.717, 1.165) is 18.4 Å². The van der Waals surface area contributed by atoms with Crippen LogP contribution in [0.5, 0.6) is 5.75 Å². The molecule has 9 heteroatoms. The van der Waals surface area contributed by atoms with Gasteiger partial charge in [0.1, 0.15) is 23.6 Å². The number of methoxy groups -OCH3 is 1. The zero-order valence-electron chi connectivity index (χ0n) is 26.9. The van der Waals surface area contributed by atoms with Crippen molar-refractivity contribution in [1.82, 2.24) is 0 Å². The van der Waals surface area contributed by atoms with Gasteiger partial charge in [0.25, 0.3) is 0 Å². The number of carbonyl (C=O) groups is 3. The van der Waals surface area contributed by atoms with Gasteiger partial charge in [0.05, 0.1) is 30.9 Å². The molecule has 0 radical (unpaired) electrons. The maximum atomic E-state index is 13.2. The van der Waals surface area contributed by atoms with Crippen molar-refractivity contribution in [3.63, 3.8) is 0 Å².